The minimum atomic E-state index is -3.63. The average Bonchev–Trinajstić information content (AvgIpc) is 2.76. The molecule has 1 amide bonds. The van der Waals surface area contributed by atoms with Crippen LogP contribution in [0.3, 0.4) is 0 Å². The van der Waals surface area contributed by atoms with Gasteiger partial charge in [0.1, 0.15) is 11.8 Å². The van der Waals surface area contributed by atoms with E-state index in [1.54, 1.807) is 12.1 Å². The van der Waals surface area contributed by atoms with Gasteiger partial charge in [-0.25, -0.2) is 13.6 Å². The number of carbonyl (C=O) groups is 1. The Labute approximate surface area is 123 Å². The van der Waals surface area contributed by atoms with Gasteiger partial charge in [0.25, 0.3) is 0 Å². The molecule has 112 valence electrons. The molecule has 1 aromatic carbocycles. The Balaban J connectivity index is 2.27. The van der Waals surface area contributed by atoms with Crippen molar-refractivity contribution >= 4 is 21.6 Å². The molecule has 1 aliphatic rings. The van der Waals surface area contributed by atoms with Gasteiger partial charge in [-0.05, 0) is 18.2 Å². The molecular weight excluding hydrogens is 294 g/mol. The number of hydrogen-bond acceptors (Lipinski definition) is 5. The van der Waals surface area contributed by atoms with E-state index in [2.05, 4.69) is 0 Å². The van der Waals surface area contributed by atoms with Crippen molar-refractivity contribution in [2.45, 2.75) is 6.42 Å². The van der Waals surface area contributed by atoms with Gasteiger partial charge in [-0.3, -0.25) is 4.79 Å². The number of anilines is 1. The van der Waals surface area contributed by atoms with Gasteiger partial charge < -0.3 is 9.64 Å². The number of sulfonamides is 1. The largest absolute Gasteiger partial charge is 0.497 e. The first-order valence-electron chi connectivity index (χ1n) is 6.23. The van der Waals surface area contributed by atoms with Crippen molar-refractivity contribution in [2.75, 3.05) is 24.3 Å². The third-order valence-electron chi connectivity index (χ3n) is 3.29. The fraction of sp³-hybridized carbons (Fsp3) is 0.385. The molecule has 1 aromatic rings. The van der Waals surface area contributed by atoms with Crippen molar-refractivity contribution in [3.8, 4) is 11.8 Å². The normalized spacial score (nSPS) is 18.6. The molecule has 0 aliphatic carbocycles. The van der Waals surface area contributed by atoms with Crippen molar-refractivity contribution < 1.29 is 17.9 Å². The maximum Gasteiger partial charge on any atom is 0.227 e. The van der Waals surface area contributed by atoms with Crippen molar-refractivity contribution in [3.63, 3.8) is 0 Å². The summed E-state index contributed by atoms with van der Waals surface area (Å²) in [6.45, 7) is 0.232. The highest BCUT2D eigenvalue weighted by atomic mass is 32.2. The minimum Gasteiger partial charge on any atom is -0.497 e. The predicted molar refractivity (Wildman–Crippen MR) is 76.1 cm³/mol. The summed E-state index contributed by atoms with van der Waals surface area (Å²) in [5, 5.41) is 14.2. The Morgan fingerprint density at radius 3 is 2.81 bits per heavy atom. The predicted octanol–water partition coefficient (Wildman–Crippen LogP) is 0.208. The van der Waals surface area contributed by atoms with Crippen LogP contribution in [0.2, 0.25) is 0 Å². The van der Waals surface area contributed by atoms with Crippen LogP contribution in [0, 0.1) is 17.2 Å². The second-order valence-corrected chi connectivity index (χ2v) is 6.56. The fourth-order valence-electron chi connectivity index (χ4n) is 2.42. The molecule has 7 nitrogen and oxygen atoms in total. The number of nitrogens with zero attached hydrogens (tertiary/aromatic N) is 2. The van der Waals surface area contributed by atoms with E-state index < -0.39 is 10.0 Å². The van der Waals surface area contributed by atoms with E-state index in [9.17, 15) is 18.5 Å². The maximum atomic E-state index is 12.0. The van der Waals surface area contributed by atoms with Crippen LogP contribution in [-0.2, 0) is 14.8 Å². The van der Waals surface area contributed by atoms with Gasteiger partial charge in [-0.2, -0.15) is 5.26 Å². The van der Waals surface area contributed by atoms with E-state index in [0.29, 0.717) is 17.0 Å². The first-order valence-corrected chi connectivity index (χ1v) is 7.94. The summed E-state index contributed by atoms with van der Waals surface area (Å²) in [6, 6.07) is 6.82. The quantitative estimate of drug-likeness (QED) is 0.854. The van der Waals surface area contributed by atoms with Crippen LogP contribution in [0.4, 0.5) is 5.69 Å². The topological polar surface area (TPSA) is 113 Å². The number of carbonyl (C=O) groups excluding carboxylic acids is 1. The monoisotopic (exact) mass is 309 g/mol. The lowest BCUT2D eigenvalue weighted by atomic mass is 10.1. The molecule has 1 aliphatic heterocycles. The van der Waals surface area contributed by atoms with E-state index in [4.69, 9.17) is 9.88 Å². The lowest BCUT2D eigenvalue weighted by Crippen LogP contribution is -2.28. The van der Waals surface area contributed by atoms with Gasteiger partial charge in [0.05, 0.1) is 24.1 Å². The zero-order valence-electron chi connectivity index (χ0n) is 11.4. The smallest absolute Gasteiger partial charge is 0.227 e. The minimum absolute atomic E-state index is 0.104. The molecule has 0 bridgehead atoms. The zero-order valence-corrected chi connectivity index (χ0v) is 12.3. The van der Waals surface area contributed by atoms with E-state index in [1.807, 2.05) is 6.07 Å². The Morgan fingerprint density at radius 1 is 1.52 bits per heavy atom. The first kappa shape index (κ1) is 15.3. The lowest BCUT2D eigenvalue weighted by Gasteiger charge is -2.18. The number of primary sulfonamides is 1. The van der Waals surface area contributed by atoms with E-state index in [0.717, 1.165) is 0 Å². The van der Waals surface area contributed by atoms with Gasteiger partial charge in [-0.1, -0.05) is 0 Å². The molecule has 1 heterocycles. The number of nitriles is 1. The highest BCUT2D eigenvalue weighted by Gasteiger charge is 2.33. The van der Waals surface area contributed by atoms with Crippen LogP contribution in [0.25, 0.3) is 0 Å². The van der Waals surface area contributed by atoms with Crippen LogP contribution in [-0.4, -0.2) is 33.7 Å². The molecule has 0 aromatic heterocycles. The summed E-state index contributed by atoms with van der Waals surface area (Å²) in [4.78, 5) is 13.5. The molecular formula is C13H15N3O4S. The number of rotatable bonds is 4. The molecule has 0 spiro atoms. The number of ether oxygens (including phenoxy) is 1. The Kier molecular flexibility index (Phi) is 4.16. The number of hydrogen-bond donors (Lipinski definition) is 1. The van der Waals surface area contributed by atoms with Gasteiger partial charge in [-0.15, -0.1) is 0 Å². The lowest BCUT2D eigenvalue weighted by molar-refractivity contribution is -0.117. The number of methoxy groups -OCH3 is 1. The molecule has 1 unspecified atom stereocenters. The standard InChI is InChI=1S/C13H15N3O4S/c1-20-11-2-3-12(10(5-11)6-14)16-7-9(4-13(16)17)8-21(15,18)19/h2-3,5,9H,4,7-8H2,1H3,(H2,15,18,19). The van der Waals surface area contributed by atoms with Crippen LogP contribution in [0.15, 0.2) is 18.2 Å². The third kappa shape index (κ3) is 3.51. The molecule has 1 saturated heterocycles. The Morgan fingerprint density at radius 2 is 2.24 bits per heavy atom. The summed E-state index contributed by atoms with van der Waals surface area (Å²) in [6.07, 6.45) is 0.104. The second kappa shape index (κ2) is 5.71. The van der Waals surface area contributed by atoms with Gasteiger partial charge in [0, 0.05) is 18.9 Å². The van der Waals surface area contributed by atoms with Crippen LogP contribution < -0.4 is 14.8 Å². The molecule has 2 rings (SSSR count). The summed E-state index contributed by atoms with van der Waals surface area (Å²) < 4.78 is 27.3. The van der Waals surface area contributed by atoms with E-state index in [-0.39, 0.29) is 30.5 Å². The van der Waals surface area contributed by atoms with Crippen molar-refractivity contribution in [1.82, 2.24) is 0 Å². The highest BCUT2D eigenvalue weighted by molar-refractivity contribution is 7.89. The van der Waals surface area contributed by atoms with Crippen molar-refractivity contribution in [1.29, 1.82) is 5.26 Å². The van der Waals surface area contributed by atoms with E-state index >= 15 is 0 Å². The van der Waals surface area contributed by atoms with Crippen molar-refractivity contribution in [3.05, 3.63) is 23.8 Å². The Hall–Kier alpha value is -2.11. The molecule has 1 fully saturated rings. The van der Waals surface area contributed by atoms with Crippen molar-refractivity contribution in [2.24, 2.45) is 11.1 Å². The second-order valence-electron chi connectivity index (χ2n) is 4.90. The number of amides is 1. The summed E-state index contributed by atoms with van der Waals surface area (Å²) in [7, 11) is -2.14. The summed E-state index contributed by atoms with van der Waals surface area (Å²) >= 11 is 0. The van der Waals surface area contributed by atoms with Crippen LogP contribution in [0.5, 0.6) is 5.75 Å². The molecule has 2 N–H and O–H groups in total. The molecule has 1 atom stereocenters. The third-order valence-corrected chi connectivity index (χ3v) is 4.22. The van der Waals surface area contributed by atoms with Crippen LogP contribution in [0.1, 0.15) is 12.0 Å². The van der Waals surface area contributed by atoms with Gasteiger partial charge >= 0.3 is 0 Å². The molecule has 0 saturated carbocycles. The highest BCUT2D eigenvalue weighted by Crippen LogP contribution is 2.30. The average molecular weight is 309 g/mol. The molecule has 0 radical (unpaired) electrons. The first-order chi connectivity index (χ1) is 9.84. The van der Waals surface area contributed by atoms with Gasteiger partial charge in [0.15, 0.2) is 0 Å². The SMILES string of the molecule is COc1ccc(N2CC(CS(N)(=O)=O)CC2=O)c(C#N)c1. The number of nitrogens with two attached hydrogens (primary N) is 1. The molecule has 8 heteroatoms. The fourth-order valence-corrected chi connectivity index (χ4v) is 3.30. The van der Waals surface area contributed by atoms with E-state index in [1.165, 1.54) is 18.1 Å². The maximum absolute atomic E-state index is 12.0. The summed E-state index contributed by atoms with van der Waals surface area (Å²) in [5.41, 5.74) is 0.763. The molecule has 21 heavy (non-hydrogen) atoms. The Bertz CT molecular complexity index is 709. The number of benzene rings is 1. The zero-order chi connectivity index (χ0) is 15.6. The summed E-state index contributed by atoms with van der Waals surface area (Å²) in [5.74, 6) is -0.303. The van der Waals surface area contributed by atoms with Crippen LogP contribution >= 0.6 is 0 Å². The van der Waals surface area contributed by atoms with Gasteiger partial charge in [0.2, 0.25) is 15.9 Å².